The lowest BCUT2D eigenvalue weighted by molar-refractivity contribution is 0.0758. The average Bonchev–Trinajstić information content (AvgIpc) is 3.15. The maximum atomic E-state index is 6.34. The number of rotatable bonds is 2. The predicted molar refractivity (Wildman–Crippen MR) is 186 cm³/mol. The first kappa shape index (κ1) is 31.1. The molecule has 0 radical (unpaired) electrons. The lowest BCUT2D eigenvalue weighted by Gasteiger charge is -2.38. The van der Waals surface area contributed by atoms with Gasteiger partial charge in [-0.3, -0.25) is 0 Å². The zero-order valence-corrected chi connectivity index (χ0v) is 26.5. The predicted octanol–water partition coefficient (Wildman–Crippen LogP) is 4.63. The molecule has 244 valence electrons. The number of oxime groups is 6. The van der Waals surface area contributed by atoms with Crippen LogP contribution in [-0.4, -0.2) is 47.8 Å². The Morgan fingerprint density at radius 1 is 0.396 bits per heavy atom. The Labute approximate surface area is 279 Å². The summed E-state index contributed by atoms with van der Waals surface area (Å²) in [6, 6.07) is 14.1. The molecule has 3 fully saturated rings. The molecule has 0 aromatic heterocycles. The number of hydrogen-bond donors (Lipinski definition) is 0. The van der Waals surface area contributed by atoms with Crippen molar-refractivity contribution in [3.63, 3.8) is 0 Å². The van der Waals surface area contributed by atoms with Gasteiger partial charge in [0.1, 0.15) is 0 Å². The van der Waals surface area contributed by atoms with Gasteiger partial charge < -0.3 is 28.5 Å². The lowest BCUT2D eigenvalue weighted by atomic mass is 9.70. The van der Waals surface area contributed by atoms with Gasteiger partial charge in [-0.1, -0.05) is 47.0 Å². The smallest absolute Gasteiger partial charge is 0.536 e. The minimum atomic E-state index is -2.96. The van der Waals surface area contributed by atoms with E-state index in [1.54, 1.807) is 48.5 Å². The van der Waals surface area contributed by atoms with Crippen LogP contribution >= 0.6 is 0 Å². The fraction of sp³-hybridized carbons (Fsp3) is 0.353. The first-order valence-electron chi connectivity index (χ1n) is 16.5. The van der Waals surface area contributed by atoms with E-state index in [0.29, 0.717) is 94.8 Å². The van der Waals surface area contributed by atoms with E-state index in [-0.39, 0.29) is 0 Å². The fourth-order valence-electron chi connectivity index (χ4n) is 6.12. The Bertz CT molecular complexity index is 1570. The molecular weight excluding hydrogens is 610 g/mol. The number of terminal acetylenes is 2. The molecule has 3 heterocycles. The molecule has 0 N–H and O–H groups in total. The third-order valence-electron chi connectivity index (χ3n) is 9.01. The molecule has 3 aliphatic carbocycles. The van der Waals surface area contributed by atoms with Crippen LogP contribution in [0, 0.1) is 24.7 Å². The van der Waals surface area contributed by atoms with E-state index in [2.05, 4.69) is 42.8 Å². The molecule has 0 spiro atoms. The highest BCUT2D eigenvalue weighted by atomic mass is 16.9. The molecule has 0 saturated heterocycles. The van der Waals surface area contributed by atoms with Crippen molar-refractivity contribution in [2.24, 2.45) is 30.9 Å². The first-order valence-corrected chi connectivity index (χ1v) is 16.5. The normalized spacial score (nSPS) is 31.0. The van der Waals surface area contributed by atoms with Crippen molar-refractivity contribution in [2.75, 3.05) is 0 Å². The van der Waals surface area contributed by atoms with E-state index in [1.807, 2.05) is 0 Å². The Kier molecular flexibility index (Phi) is 8.89. The molecule has 6 aliphatic rings. The molecule has 3 saturated carbocycles. The Morgan fingerprint density at radius 3 is 0.833 bits per heavy atom. The summed E-state index contributed by atoms with van der Waals surface area (Å²) in [5.41, 5.74) is 5.61. The quantitative estimate of drug-likeness (QED) is 0.347. The molecule has 12 nitrogen and oxygen atoms in total. The van der Waals surface area contributed by atoms with Gasteiger partial charge in [0.2, 0.25) is 0 Å². The van der Waals surface area contributed by atoms with Crippen LogP contribution in [0.3, 0.4) is 0 Å². The molecule has 0 atom stereocenters. The Morgan fingerprint density at radius 2 is 0.625 bits per heavy atom. The minimum Gasteiger partial charge on any atom is -0.536 e. The highest BCUT2D eigenvalue weighted by Crippen LogP contribution is 2.25. The molecule has 3 aliphatic heterocycles. The van der Waals surface area contributed by atoms with Crippen LogP contribution in [0.5, 0.6) is 0 Å². The van der Waals surface area contributed by atoms with Crippen molar-refractivity contribution in [2.45, 2.75) is 77.0 Å². The number of fused-ring (bicyclic) bond motifs is 6. The van der Waals surface area contributed by atoms with Gasteiger partial charge in [-0.25, -0.2) is 0 Å². The largest absolute Gasteiger partial charge is 0.640 e. The van der Waals surface area contributed by atoms with Gasteiger partial charge in [-0.05, 0) is 101 Å². The number of hydrogen-bond acceptors (Lipinski definition) is 12. The Hall–Kier alpha value is -5.49. The number of benzene rings is 2. The summed E-state index contributed by atoms with van der Waals surface area (Å²) in [5.74, 6) is 5.28. The maximum Gasteiger partial charge on any atom is 0.640 e. The molecule has 0 amide bonds. The lowest BCUT2D eigenvalue weighted by Crippen LogP contribution is -2.55. The van der Waals surface area contributed by atoms with Crippen LogP contribution in [-0.2, 0) is 28.5 Å². The molecule has 8 rings (SSSR count). The van der Waals surface area contributed by atoms with Crippen molar-refractivity contribution in [3.05, 3.63) is 59.7 Å². The molecule has 0 unspecified atom stereocenters. The van der Waals surface area contributed by atoms with E-state index in [0.717, 1.165) is 38.5 Å². The summed E-state index contributed by atoms with van der Waals surface area (Å²) in [7, 11) is 0. The van der Waals surface area contributed by atoms with Gasteiger partial charge in [0.05, 0.1) is 34.3 Å². The van der Waals surface area contributed by atoms with Gasteiger partial charge in [0, 0.05) is 11.1 Å². The summed E-state index contributed by atoms with van der Waals surface area (Å²) in [6.45, 7) is -5.91. The Balaban J connectivity index is 1.47. The van der Waals surface area contributed by atoms with Crippen LogP contribution in [0.2, 0.25) is 0 Å². The summed E-state index contributed by atoms with van der Waals surface area (Å²) < 4.78 is 38.0. The van der Waals surface area contributed by atoms with E-state index < -0.39 is 13.5 Å². The molecule has 48 heavy (non-hydrogen) atoms. The van der Waals surface area contributed by atoms with Crippen LogP contribution in [0.4, 0.5) is 0 Å². The topological polar surface area (TPSA) is 130 Å². The summed E-state index contributed by atoms with van der Waals surface area (Å²) in [4.78, 5) is 0. The minimum absolute atomic E-state index is 0.491. The average molecular weight is 644 g/mol. The van der Waals surface area contributed by atoms with Crippen LogP contribution in [0.25, 0.3) is 0 Å². The van der Waals surface area contributed by atoms with E-state index in [4.69, 9.17) is 41.4 Å². The number of nitrogens with zero attached hydrogens (tertiary/aromatic N) is 6. The van der Waals surface area contributed by atoms with Crippen molar-refractivity contribution >= 4 is 58.7 Å². The van der Waals surface area contributed by atoms with Crippen LogP contribution in [0.1, 0.15) is 88.2 Å². The zero-order chi connectivity index (χ0) is 32.8. The van der Waals surface area contributed by atoms with E-state index in [1.165, 1.54) is 0 Å². The van der Waals surface area contributed by atoms with Crippen molar-refractivity contribution in [1.29, 1.82) is 0 Å². The monoisotopic (exact) mass is 644 g/mol. The molecule has 2 aromatic carbocycles. The second-order valence-corrected chi connectivity index (χ2v) is 12.3. The van der Waals surface area contributed by atoms with Gasteiger partial charge in [-0.2, -0.15) is 0 Å². The van der Waals surface area contributed by atoms with Crippen LogP contribution < -0.4 is 10.9 Å². The summed E-state index contributed by atoms with van der Waals surface area (Å²) in [6.07, 6.45) is 19.9. The maximum absolute atomic E-state index is 6.34. The highest BCUT2D eigenvalue weighted by Gasteiger charge is 2.44. The van der Waals surface area contributed by atoms with Crippen molar-refractivity contribution in [3.8, 4) is 24.7 Å². The molecule has 2 bridgehead atoms. The second kappa shape index (κ2) is 13.7. The summed E-state index contributed by atoms with van der Waals surface area (Å²) in [5, 5.41) is 27.6. The van der Waals surface area contributed by atoms with Gasteiger partial charge in [0.25, 0.3) is 0 Å². The molecule has 14 heteroatoms. The van der Waals surface area contributed by atoms with E-state index in [9.17, 15) is 0 Å². The molecule has 2 aromatic rings. The third-order valence-corrected chi connectivity index (χ3v) is 9.01. The fourth-order valence-corrected chi connectivity index (χ4v) is 6.12. The van der Waals surface area contributed by atoms with Crippen molar-refractivity contribution in [1.82, 2.24) is 0 Å². The molecular formula is C34H34B2N6O6-2. The van der Waals surface area contributed by atoms with E-state index >= 15 is 0 Å². The van der Waals surface area contributed by atoms with Gasteiger partial charge >= 0.3 is 13.5 Å². The standard InChI is InChI=1S/C34H34B2N6O6/c1-3-25-17-21-27(22-18-25)35-43-37-29-11-5-8-14-32(29)40-46-36(28-23-19-26(4-2)20-24-28,47-41-33-15-9-6-12-30(33)38-44-35)48-42-34-16-10-7-13-31(34)39-45-35/h1-2,17-24H,5-16H2/q-2/b37-29+,38-30+,39-31+,40-32+,41-33+,42-34?. The second-order valence-electron chi connectivity index (χ2n) is 12.3. The van der Waals surface area contributed by atoms with Crippen LogP contribution in [0.15, 0.2) is 79.5 Å². The van der Waals surface area contributed by atoms with Crippen molar-refractivity contribution < 1.29 is 28.5 Å². The highest BCUT2D eigenvalue weighted by molar-refractivity contribution is 6.76. The van der Waals surface area contributed by atoms with Gasteiger partial charge in [-0.15, -0.1) is 43.8 Å². The first-order chi connectivity index (χ1) is 23.6. The van der Waals surface area contributed by atoms with Gasteiger partial charge in [0.15, 0.2) is 0 Å². The summed E-state index contributed by atoms with van der Waals surface area (Å²) >= 11 is 0. The third kappa shape index (κ3) is 6.39. The SMILES string of the molecule is C#Cc1ccc([B-]23ON=C4CCCC/C4=N\O[B-](c4ccc(C#C)cc4)(O/N=C4\CCCC\C4=N/O2)O/N=C2\CCCC\C2=N/O3)cc1. The zero-order valence-electron chi connectivity index (χ0n) is 26.5.